The molecular formula is C14H22AsNO7. The zero-order chi connectivity index (χ0) is 17.9. The monoisotopic (exact) mass is 391 g/mol. The maximum atomic E-state index is 11.4. The van der Waals surface area contributed by atoms with Gasteiger partial charge in [-0.2, -0.15) is 0 Å². The third kappa shape index (κ3) is 9.20. The summed E-state index contributed by atoms with van der Waals surface area (Å²) in [6.07, 6.45) is 3.28. The molecule has 4 N–H and O–H groups in total. The Hall–Kier alpha value is -1.60. The van der Waals surface area contributed by atoms with Crippen LogP contribution in [-0.4, -0.2) is 40.5 Å². The summed E-state index contributed by atoms with van der Waals surface area (Å²) in [5.74, 6) is -1.06. The van der Waals surface area contributed by atoms with Gasteiger partial charge in [0.1, 0.15) is 0 Å². The van der Waals surface area contributed by atoms with E-state index in [0.29, 0.717) is 6.42 Å². The second-order valence-electron chi connectivity index (χ2n) is 4.65. The Morgan fingerprint density at radius 3 is 2.35 bits per heavy atom. The van der Waals surface area contributed by atoms with Crippen LogP contribution in [0, 0.1) is 0 Å². The number of hydrogen-bond donors (Lipinski definition) is 4. The Morgan fingerprint density at radius 1 is 1.26 bits per heavy atom. The third-order valence-corrected chi connectivity index (χ3v) is 5.18. The minimum Gasteiger partial charge on any atom is -0.481 e. The molecule has 0 aliphatic rings. The van der Waals surface area contributed by atoms with Crippen molar-refractivity contribution in [2.45, 2.75) is 39.5 Å². The van der Waals surface area contributed by atoms with Crippen LogP contribution >= 0.6 is 0 Å². The molecule has 0 fully saturated rings. The van der Waals surface area contributed by atoms with Crippen molar-refractivity contribution in [1.82, 2.24) is 0 Å². The van der Waals surface area contributed by atoms with E-state index >= 15 is 0 Å². The first-order chi connectivity index (χ1) is 10.7. The van der Waals surface area contributed by atoms with Gasteiger partial charge in [0.2, 0.25) is 0 Å². The second kappa shape index (κ2) is 11.0. The van der Waals surface area contributed by atoms with Crippen LogP contribution in [0.25, 0.3) is 0 Å². The molecule has 9 heteroatoms. The summed E-state index contributed by atoms with van der Waals surface area (Å²) in [5.41, 5.74) is 0.157. The average molecular weight is 391 g/mol. The van der Waals surface area contributed by atoms with Gasteiger partial charge < -0.3 is 5.11 Å². The number of anilines is 1. The van der Waals surface area contributed by atoms with Crippen molar-refractivity contribution in [3.8, 4) is 0 Å². The zero-order valence-electron chi connectivity index (χ0n) is 13.1. The number of carbonyl (C=O) groups is 2. The maximum Gasteiger partial charge on any atom is 0.303 e. The van der Waals surface area contributed by atoms with Gasteiger partial charge in [-0.05, 0) is 6.42 Å². The normalized spacial score (nSPS) is 12.5. The summed E-state index contributed by atoms with van der Waals surface area (Å²) in [6.45, 7) is 3.33. The quantitative estimate of drug-likeness (QED) is 0.239. The fourth-order valence-corrected chi connectivity index (χ4v) is 3.26. The van der Waals surface area contributed by atoms with E-state index in [2.05, 4.69) is 16.1 Å². The fraction of sp³-hybridized carbons (Fsp3) is 0.429. The van der Waals surface area contributed by atoms with Crippen molar-refractivity contribution in [1.29, 1.82) is 0 Å². The molecule has 0 saturated carbocycles. The van der Waals surface area contributed by atoms with Crippen molar-refractivity contribution in [2.24, 2.45) is 0 Å². The largest absolute Gasteiger partial charge is 0.481 e. The molecule has 0 spiro atoms. The van der Waals surface area contributed by atoms with Gasteiger partial charge in [-0.1, -0.05) is 19.8 Å². The molecule has 1 aromatic rings. The summed E-state index contributed by atoms with van der Waals surface area (Å²) >= 11 is -4.92. The van der Waals surface area contributed by atoms with E-state index < -0.39 is 20.1 Å². The number of nitrogens with one attached hydrogen (secondary N) is 1. The van der Waals surface area contributed by atoms with Gasteiger partial charge in [0.15, 0.2) is 0 Å². The summed E-state index contributed by atoms with van der Waals surface area (Å²) < 4.78 is 24.1. The van der Waals surface area contributed by atoms with Crippen LogP contribution in [0.3, 0.4) is 0 Å². The SMILES string of the molecule is CC(=O)Nc1ccccc1[As](=O)(O)OO.CCCCCC(=O)O. The zero-order valence-corrected chi connectivity index (χ0v) is 14.9. The molecule has 0 aromatic heterocycles. The van der Waals surface area contributed by atoms with E-state index in [-0.39, 0.29) is 15.9 Å². The number of carboxylic acid groups (broad SMARTS) is 1. The van der Waals surface area contributed by atoms with Gasteiger partial charge in [0, 0.05) is 6.42 Å². The van der Waals surface area contributed by atoms with Gasteiger partial charge in [-0.25, -0.2) is 0 Å². The van der Waals surface area contributed by atoms with E-state index in [9.17, 15) is 17.4 Å². The molecule has 0 heterocycles. The van der Waals surface area contributed by atoms with Gasteiger partial charge in [0.05, 0.1) is 0 Å². The van der Waals surface area contributed by atoms with E-state index in [1.165, 1.54) is 25.1 Å². The molecule has 130 valence electrons. The number of hydrogen-bond acceptors (Lipinski definition) is 5. The number of carbonyl (C=O) groups excluding carboxylic acids is 1. The predicted octanol–water partition coefficient (Wildman–Crippen LogP) is 1.35. The summed E-state index contributed by atoms with van der Waals surface area (Å²) in [7, 11) is 0. The van der Waals surface area contributed by atoms with Crippen LogP contribution < -0.4 is 9.67 Å². The molecule has 1 atom stereocenters. The van der Waals surface area contributed by atoms with E-state index in [0.717, 1.165) is 19.3 Å². The van der Waals surface area contributed by atoms with Gasteiger partial charge >= 0.3 is 94.4 Å². The topological polar surface area (TPSA) is 133 Å². The first-order valence-corrected chi connectivity index (χ1v) is 10.3. The Kier molecular flexibility index (Phi) is 10.2. The molecule has 0 radical (unpaired) electrons. The Morgan fingerprint density at radius 2 is 1.87 bits per heavy atom. The van der Waals surface area contributed by atoms with Crippen LogP contribution in [0.2, 0.25) is 0 Å². The van der Waals surface area contributed by atoms with Crippen LogP contribution in [-0.2, 0) is 17.2 Å². The Bertz CT molecular complexity index is 562. The molecule has 1 unspecified atom stereocenters. The molecule has 23 heavy (non-hydrogen) atoms. The van der Waals surface area contributed by atoms with Crippen molar-refractivity contribution in [2.75, 3.05) is 5.32 Å². The van der Waals surface area contributed by atoms with Gasteiger partial charge in [-0.3, -0.25) is 4.79 Å². The van der Waals surface area contributed by atoms with E-state index in [4.69, 9.17) is 10.4 Å². The van der Waals surface area contributed by atoms with Crippen LogP contribution in [0.5, 0.6) is 0 Å². The standard InChI is InChI=1S/C8H10AsNO5.C6H12O2/c1-6(11)10-8-5-3-2-4-7(8)9(12,13)15-14;1-2-3-4-5-6(7)8/h2-5,14H,1H3,(H,10,11)(H,12,13);2-5H2,1H3,(H,7,8). The number of benzene rings is 1. The number of rotatable bonds is 7. The number of carboxylic acids is 1. The number of aliphatic carboxylic acids is 1. The number of amides is 1. The average Bonchev–Trinajstić information content (AvgIpc) is 2.47. The molecule has 8 nitrogen and oxygen atoms in total. The third-order valence-electron chi connectivity index (χ3n) is 2.62. The smallest absolute Gasteiger partial charge is 0.303 e. The van der Waals surface area contributed by atoms with Crippen LogP contribution in [0.1, 0.15) is 39.5 Å². The van der Waals surface area contributed by atoms with Gasteiger partial charge in [-0.15, -0.1) is 0 Å². The molecule has 0 aliphatic heterocycles. The molecular weight excluding hydrogens is 369 g/mol. The minimum absolute atomic E-state index is 0.103. The Labute approximate surface area is 137 Å². The van der Waals surface area contributed by atoms with Crippen molar-refractivity contribution in [3.63, 3.8) is 0 Å². The first-order valence-electron chi connectivity index (χ1n) is 6.99. The van der Waals surface area contributed by atoms with Crippen molar-refractivity contribution >= 4 is 36.1 Å². The summed E-state index contributed by atoms with van der Waals surface area (Å²) in [4.78, 5) is 20.7. The predicted molar refractivity (Wildman–Crippen MR) is 84.5 cm³/mol. The Balaban J connectivity index is 0.000000515. The van der Waals surface area contributed by atoms with Crippen molar-refractivity contribution < 1.29 is 31.7 Å². The minimum atomic E-state index is -4.92. The molecule has 1 amide bonds. The number of unbranched alkanes of at least 4 members (excludes halogenated alkanes) is 2. The van der Waals surface area contributed by atoms with Crippen molar-refractivity contribution in [3.05, 3.63) is 24.3 Å². The molecule has 0 aliphatic carbocycles. The molecule has 1 aromatic carbocycles. The second-order valence-corrected chi connectivity index (χ2v) is 8.19. The van der Waals surface area contributed by atoms with Crippen LogP contribution in [0.15, 0.2) is 24.3 Å². The van der Waals surface area contributed by atoms with E-state index in [1.807, 2.05) is 0 Å². The van der Waals surface area contributed by atoms with Gasteiger partial charge in [0.25, 0.3) is 0 Å². The molecule has 0 bridgehead atoms. The summed E-state index contributed by atoms with van der Waals surface area (Å²) in [6, 6.07) is 5.84. The molecule has 0 saturated heterocycles. The first kappa shape index (κ1) is 21.4. The van der Waals surface area contributed by atoms with Crippen LogP contribution in [0.4, 0.5) is 5.69 Å². The van der Waals surface area contributed by atoms with E-state index in [1.54, 1.807) is 6.07 Å². The number of para-hydroxylation sites is 1. The summed E-state index contributed by atoms with van der Waals surface area (Å²) in [5, 5.41) is 18.8. The fourth-order valence-electron chi connectivity index (χ4n) is 1.59. The molecule has 1 rings (SSSR count). The maximum absolute atomic E-state index is 11.4.